The maximum Gasteiger partial charge on any atom is 0.250 e. The zero-order chi connectivity index (χ0) is 16.3. The lowest BCUT2D eigenvalue weighted by atomic mass is 10.0. The molecule has 0 atom stereocenters. The van der Waals surface area contributed by atoms with E-state index in [4.69, 9.17) is 0 Å². The number of nitrogens with one attached hydrogen (secondary N) is 2. The van der Waals surface area contributed by atoms with E-state index in [2.05, 4.69) is 15.0 Å². The fourth-order valence-electron chi connectivity index (χ4n) is 2.37. The van der Waals surface area contributed by atoms with Gasteiger partial charge < -0.3 is 5.32 Å². The number of rotatable bonds is 6. The summed E-state index contributed by atoms with van der Waals surface area (Å²) in [6.07, 6.45) is 4.41. The number of nitrogens with zero attached hydrogens (tertiary/aromatic N) is 1. The van der Waals surface area contributed by atoms with Gasteiger partial charge in [-0.05, 0) is 37.1 Å². The van der Waals surface area contributed by atoms with Crippen molar-refractivity contribution in [3.8, 4) is 0 Å². The third-order valence-electron chi connectivity index (χ3n) is 3.50. The molecular formula is C14H17N3O3S3. The van der Waals surface area contributed by atoms with Gasteiger partial charge in [0.25, 0.3) is 0 Å². The summed E-state index contributed by atoms with van der Waals surface area (Å²) >= 11 is 2.67. The Balaban J connectivity index is 1.49. The summed E-state index contributed by atoms with van der Waals surface area (Å²) < 4.78 is 26.5. The van der Waals surface area contributed by atoms with Crippen molar-refractivity contribution in [2.24, 2.45) is 0 Å². The number of thiophene rings is 1. The summed E-state index contributed by atoms with van der Waals surface area (Å²) in [5.74, 6) is -0.232. The highest BCUT2D eigenvalue weighted by Crippen LogP contribution is 2.29. The summed E-state index contributed by atoms with van der Waals surface area (Å²) in [5.41, 5.74) is 1.09. The topological polar surface area (TPSA) is 88.2 Å². The molecule has 0 aromatic carbocycles. The van der Waals surface area contributed by atoms with Crippen LogP contribution in [0.1, 0.15) is 29.8 Å². The standard InChI is InChI=1S/C14H17N3O3S3/c18-12(7-8-15-23(19,20)13-6-3-9-21-13)17-14-16-10-4-1-2-5-11(10)22-14/h3,6,9,15H,1-2,4-5,7-8H2,(H,16,17,18). The highest BCUT2D eigenvalue weighted by molar-refractivity contribution is 7.91. The molecule has 0 saturated carbocycles. The third-order valence-corrected chi connectivity index (χ3v) is 7.43. The molecule has 2 heterocycles. The average Bonchev–Trinajstić information content (AvgIpc) is 3.16. The molecule has 1 amide bonds. The Kier molecular flexibility index (Phi) is 5.10. The van der Waals surface area contributed by atoms with Crippen molar-refractivity contribution < 1.29 is 13.2 Å². The van der Waals surface area contributed by atoms with Gasteiger partial charge in [-0.25, -0.2) is 18.1 Å². The molecule has 6 nitrogen and oxygen atoms in total. The van der Waals surface area contributed by atoms with Crippen LogP contribution in [-0.2, 0) is 27.7 Å². The maximum absolute atomic E-state index is 11.9. The van der Waals surface area contributed by atoms with E-state index in [0.717, 1.165) is 36.3 Å². The molecule has 0 bridgehead atoms. The monoisotopic (exact) mass is 371 g/mol. The van der Waals surface area contributed by atoms with Crippen LogP contribution in [0.3, 0.4) is 0 Å². The number of thiazole rings is 1. The van der Waals surface area contributed by atoms with E-state index in [1.54, 1.807) is 11.4 Å². The lowest BCUT2D eigenvalue weighted by Gasteiger charge is -2.06. The van der Waals surface area contributed by atoms with Crippen LogP contribution in [0.15, 0.2) is 21.7 Å². The van der Waals surface area contributed by atoms with E-state index in [1.165, 1.54) is 28.7 Å². The summed E-state index contributed by atoms with van der Waals surface area (Å²) in [4.78, 5) is 17.6. The molecule has 0 unspecified atom stereocenters. The molecule has 1 aliphatic rings. The van der Waals surface area contributed by atoms with Crippen LogP contribution in [0.4, 0.5) is 5.13 Å². The number of sulfonamides is 1. The van der Waals surface area contributed by atoms with E-state index >= 15 is 0 Å². The first kappa shape index (κ1) is 16.6. The van der Waals surface area contributed by atoms with Crippen LogP contribution in [0, 0.1) is 0 Å². The van der Waals surface area contributed by atoms with Crippen molar-refractivity contribution in [2.45, 2.75) is 36.3 Å². The van der Waals surface area contributed by atoms with Gasteiger partial charge in [-0.2, -0.15) is 0 Å². The normalized spacial score (nSPS) is 14.4. The molecule has 0 aliphatic heterocycles. The van der Waals surface area contributed by atoms with Crippen molar-refractivity contribution in [1.82, 2.24) is 9.71 Å². The van der Waals surface area contributed by atoms with Crippen LogP contribution in [0.5, 0.6) is 0 Å². The molecule has 1 aliphatic carbocycles. The van der Waals surface area contributed by atoms with Crippen molar-refractivity contribution in [1.29, 1.82) is 0 Å². The van der Waals surface area contributed by atoms with Gasteiger partial charge in [0.2, 0.25) is 15.9 Å². The van der Waals surface area contributed by atoms with E-state index in [-0.39, 0.29) is 23.1 Å². The summed E-state index contributed by atoms with van der Waals surface area (Å²) in [6, 6.07) is 3.21. The highest BCUT2D eigenvalue weighted by atomic mass is 32.2. The van der Waals surface area contributed by atoms with Crippen molar-refractivity contribution in [3.63, 3.8) is 0 Å². The number of hydrogen-bond donors (Lipinski definition) is 2. The lowest BCUT2D eigenvalue weighted by Crippen LogP contribution is -2.27. The van der Waals surface area contributed by atoms with E-state index in [1.807, 2.05) is 0 Å². The summed E-state index contributed by atoms with van der Waals surface area (Å²) in [6.45, 7) is 0.0666. The molecule has 9 heteroatoms. The maximum atomic E-state index is 11.9. The lowest BCUT2D eigenvalue weighted by molar-refractivity contribution is -0.116. The Bertz CT molecular complexity index is 758. The second kappa shape index (κ2) is 7.08. The van der Waals surface area contributed by atoms with E-state index in [0.29, 0.717) is 5.13 Å². The van der Waals surface area contributed by atoms with Crippen molar-refractivity contribution >= 4 is 43.7 Å². The van der Waals surface area contributed by atoms with Crippen LogP contribution < -0.4 is 10.0 Å². The zero-order valence-corrected chi connectivity index (χ0v) is 14.8. The summed E-state index contributed by atoms with van der Waals surface area (Å²) in [7, 11) is -3.51. The Hall–Kier alpha value is -1.29. The molecule has 0 radical (unpaired) electrons. The molecule has 0 spiro atoms. The molecule has 0 saturated heterocycles. The van der Waals surface area contributed by atoms with Gasteiger partial charge in [-0.15, -0.1) is 22.7 Å². The second-order valence-corrected chi connectivity index (χ2v) is 9.25. The Labute approximate surface area is 143 Å². The fourth-order valence-corrected chi connectivity index (χ4v) is 5.51. The zero-order valence-electron chi connectivity index (χ0n) is 12.4. The quantitative estimate of drug-likeness (QED) is 0.816. The Morgan fingerprint density at radius 2 is 2.13 bits per heavy atom. The minimum Gasteiger partial charge on any atom is -0.302 e. The molecular weight excluding hydrogens is 354 g/mol. The number of amides is 1. The van der Waals surface area contributed by atoms with Crippen molar-refractivity contribution in [2.75, 3.05) is 11.9 Å². The predicted molar refractivity (Wildman–Crippen MR) is 91.5 cm³/mol. The molecule has 2 N–H and O–H groups in total. The smallest absolute Gasteiger partial charge is 0.250 e. The fraction of sp³-hybridized carbons (Fsp3) is 0.429. The SMILES string of the molecule is O=C(CCNS(=O)(=O)c1cccs1)Nc1nc2c(s1)CCCC2. The first-order chi connectivity index (χ1) is 11.0. The molecule has 0 fully saturated rings. The van der Waals surface area contributed by atoms with Gasteiger partial charge >= 0.3 is 0 Å². The predicted octanol–water partition coefficient (Wildman–Crippen LogP) is 2.39. The Morgan fingerprint density at radius 3 is 2.87 bits per heavy atom. The number of anilines is 1. The number of carbonyl (C=O) groups is 1. The first-order valence-electron chi connectivity index (χ1n) is 7.36. The third kappa shape index (κ3) is 4.17. The molecule has 2 aromatic heterocycles. The van der Waals surface area contributed by atoms with Gasteiger partial charge in [0.05, 0.1) is 5.69 Å². The number of aromatic nitrogens is 1. The molecule has 23 heavy (non-hydrogen) atoms. The van der Waals surface area contributed by atoms with Crippen LogP contribution in [0.25, 0.3) is 0 Å². The molecule has 124 valence electrons. The van der Waals surface area contributed by atoms with Crippen LogP contribution in [-0.4, -0.2) is 25.9 Å². The minimum atomic E-state index is -3.51. The van der Waals surface area contributed by atoms with Gasteiger partial charge in [-0.3, -0.25) is 4.79 Å². The van der Waals surface area contributed by atoms with Gasteiger partial charge in [0, 0.05) is 17.8 Å². The average molecular weight is 372 g/mol. The van der Waals surface area contributed by atoms with Crippen molar-refractivity contribution in [3.05, 3.63) is 28.1 Å². The second-order valence-electron chi connectivity index (χ2n) is 5.22. The number of carbonyl (C=O) groups excluding carboxylic acids is 1. The molecule has 3 rings (SSSR count). The van der Waals surface area contributed by atoms with Crippen LogP contribution >= 0.6 is 22.7 Å². The first-order valence-corrected chi connectivity index (χ1v) is 10.5. The number of fused-ring (bicyclic) bond motifs is 1. The minimum absolute atomic E-state index is 0.0666. The van der Waals surface area contributed by atoms with Gasteiger partial charge in [0.15, 0.2) is 5.13 Å². The van der Waals surface area contributed by atoms with E-state index in [9.17, 15) is 13.2 Å². The molecule has 2 aromatic rings. The largest absolute Gasteiger partial charge is 0.302 e. The number of hydrogen-bond acceptors (Lipinski definition) is 6. The van der Waals surface area contributed by atoms with Gasteiger partial charge in [0.1, 0.15) is 4.21 Å². The summed E-state index contributed by atoms with van der Waals surface area (Å²) in [5, 5.41) is 5.07. The Morgan fingerprint density at radius 1 is 1.30 bits per heavy atom. The highest BCUT2D eigenvalue weighted by Gasteiger charge is 2.17. The van der Waals surface area contributed by atoms with Crippen LogP contribution in [0.2, 0.25) is 0 Å². The van der Waals surface area contributed by atoms with E-state index < -0.39 is 10.0 Å². The number of aryl methyl sites for hydroxylation is 2. The van der Waals surface area contributed by atoms with Gasteiger partial charge in [-0.1, -0.05) is 6.07 Å².